The second kappa shape index (κ2) is 9.64. The SMILES string of the molecule is Cc1c(C(c2ccc(O)c([N+](=O)[O-])c2)c2c(C)n(C)n(-c3ccccc3)c2=O)c(=O)n(-c2ccccc2)n1C. The van der Waals surface area contributed by atoms with Gasteiger partial charge in [-0.2, -0.15) is 0 Å². The molecule has 3 aromatic carbocycles. The molecule has 0 spiro atoms. The standard InChI is InChI=1S/C29H27N5O5/c1-18-25(28(36)32(30(18)3)21-11-7-5-8-12-21)27(20-15-16-24(35)23(17-20)34(38)39)26-19(2)31(4)33(29(26)37)22-13-9-6-10-14-22/h5-17,27,35H,1-4H3. The number of phenols is 1. The van der Waals surface area contributed by atoms with Crippen molar-refractivity contribution in [1.29, 1.82) is 0 Å². The fourth-order valence-corrected chi connectivity index (χ4v) is 5.19. The molecular formula is C29H27N5O5. The van der Waals surface area contributed by atoms with E-state index in [4.69, 9.17) is 0 Å². The quantitative estimate of drug-likeness (QED) is 0.265. The lowest BCUT2D eigenvalue weighted by atomic mass is 9.85. The monoisotopic (exact) mass is 525 g/mol. The largest absolute Gasteiger partial charge is 0.502 e. The van der Waals surface area contributed by atoms with Crippen molar-refractivity contribution in [2.45, 2.75) is 19.8 Å². The van der Waals surface area contributed by atoms with Crippen LogP contribution in [-0.4, -0.2) is 28.8 Å². The lowest BCUT2D eigenvalue weighted by Crippen LogP contribution is -2.26. The average Bonchev–Trinajstić information content (AvgIpc) is 3.28. The summed E-state index contributed by atoms with van der Waals surface area (Å²) in [6, 6.07) is 22.2. The molecule has 0 amide bonds. The van der Waals surface area contributed by atoms with Gasteiger partial charge in [0.05, 0.1) is 27.4 Å². The van der Waals surface area contributed by atoms with Crippen LogP contribution in [0.15, 0.2) is 88.5 Å². The van der Waals surface area contributed by atoms with Gasteiger partial charge in [0.1, 0.15) is 0 Å². The van der Waals surface area contributed by atoms with Crippen LogP contribution in [0, 0.1) is 24.0 Å². The van der Waals surface area contributed by atoms with Crippen LogP contribution in [0.3, 0.4) is 0 Å². The average molecular weight is 526 g/mol. The molecule has 10 heteroatoms. The van der Waals surface area contributed by atoms with Crippen molar-refractivity contribution in [3.8, 4) is 17.1 Å². The van der Waals surface area contributed by atoms with Crippen LogP contribution in [0.5, 0.6) is 5.75 Å². The van der Waals surface area contributed by atoms with Crippen LogP contribution in [-0.2, 0) is 14.1 Å². The van der Waals surface area contributed by atoms with E-state index in [1.165, 1.54) is 27.6 Å². The number of para-hydroxylation sites is 2. The fourth-order valence-electron chi connectivity index (χ4n) is 5.19. The van der Waals surface area contributed by atoms with Crippen molar-refractivity contribution in [3.05, 3.63) is 138 Å². The number of benzene rings is 3. The van der Waals surface area contributed by atoms with E-state index in [0.717, 1.165) is 0 Å². The van der Waals surface area contributed by atoms with E-state index in [0.29, 0.717) is 39.5 Å². The van der Waals surface area contributed by atoms with Gasteiger partial charge in [-0.25, -0.2) is 9.36 Å². The summed E-state index contributed by atoms with van der Waals surface area (Å²) in [5, 5.41) is 21.9. The molecule has 0 aliphatic rings. The lowest BCUT2D eigenvalue weighted by molar-refractivity contribution is -0.385. The summed E-state index contributed by atoms with van der Waals surface area (Å²) in [5.74, 6) is -1.45. The van der Waals surface area contributed by atoms with Crippen LogP contribution >= 0.6 is 0 Å². The number of hydrogen-bond acceptors (Lipinski definition) is 5. The first kappa shape index (κ1) is 25.5. The van der Waals surface area contributed by atoms with Gasteiger partial charge in [-0.3, -0.25) is 29.1 Å². The van der Waals surface area contributed by atoms with Gasteiger partial charge in [0.25, 0.3) is 11.1 Å². The third-order valence-corrected chi connectivity index (χ3v) is 7.30. The van der Waals surface area contributed by atoms with E-state index in [9.17, 15) is 24.8 Å². The molecular weight excluding hydrogens is 498 g/mol. The Morgan fingerprint density at radius 1 is 0.744 bits per heavy atom. The van der Waals surface area contributed by atoms with Crippen LogP contribution in [0.2, 0.25) is 0 Å². The van der Waals surface area contributed by atoms with Crippen molar-refractivity contribution in [3.63, 3.8) is 0 Å². The molecule has 0 aliphatic heterocycles. The molecule has 0 atom stereocenters. The normalized spacial score (nSPS) is 11.3. The van der Waals surface area contributed by atoms with Gasteiger partial charge < -0.3 is 5.11 Å². The summed E-state index contributed by atoms with van der Waals surface area (Å²) in [5.41, 5.74) is 2.23. The van der Waals surface area contributed by atoms with Gasteiger partial charge in [0.15, 0.2) is 5.75 Å². The van der Waals surface area contributed by atoms with Crippen LogP contribution in [0.4, 0.5) is 5.69 Å². The predicted molar refractivity (Wildman–Crippen MR) is 147 cm³/mol. The molecule has 0 saturated carbocycles. The number of rotatable bonds is 6. The van der Waals surface area contributed by atoms with Crippen molar-refractivity contribution in [2.24, 2.45) is 14.1 Å². The predicted octanol–water partition coefficient (Wildman–Crippen LogP) is 4.08. The molecule has 0 bridgehead atoms. The Balaban J connectivity index is 1.87. The highest BCUT2D eigenvalue weighted by atomic mass is 16.6. The second-order valence-electron chi connectivity index (χ2n) is 9.39. The van der Waals surface area contributed by atoms with Gasteiger partial charge in [0, 0.05) is 37.5 Å². The Labute approximate surface area is 223 Å². The molecule has 198 valence electrons. The summed E-state index contributed by atoms with van der Waals surface area (Å²) < 4.78 is 6.45. The van der Waals surface area contributed by atoms with E-state index >= 15 is 0 Å². The molecule has 0 unspecified atom stereocenters. The first-order valence-electron chi connectivity index (χ1n) is 12.3. The zero-order chi connectivity index (χ0) is 28.0. The molecule has 5 aromatic rings. The molecule has 1 N–H and O–H groups in total. The summed E-state index contributed by atoms with van der Waals surface area (Å²) in [4.78, 5) is 39.3. The third-order valence-electron chi connectivity index (χ3n) is 7.30. The molecule has 0 radical (unpaired) electrons. The molecule has 5 rings (SSSR count). The molecule has 10 nitrogen and oxygen atoms in total. The Morgan fingerprint density at radius 2 is 1.18 bits per heavy atom. The molecule has 0 saturated heterocycles. The first-order valence-corrected chi connectivity index (χ1v) is 12.3. The topological polar surface area (TPSA) is 117 Å². The number of nitrogens with zero attached hydrogens (tertiary/aromatic N) is 5. The number of nitro groups is 1. The van der Waals surface area contributed by atoms with E-state index in [-0.39, 0.29) is 11.1 Å². The maximum atomic E-state index is 14.1. The van der Waals surface area contributed by atoms with Crippen LogP contribution in [0.25, 0.3) is 11.4 Å². The highest BCUT2D eigenvalue weighted by molar-refractivity contribution is 5.54. The van der Waals surface area contributed by atoms with Crippen molar-refractivity contribution in [2.75, 3.05) is 0 Å². The molecule has 2 heterocycles. The molecule has 39 heavy (non-hydrogen) atoms. The minimum Gasteiger partial charge on any atom is -0.502 e. The van der Waals surface area contributed by atoms with Crippen LogP contribution < -0.4 is 11.1 Å². The third kappa shape index (κ3) is 4.06. The number of hydrogen-bond donors (Lipinski definition) is 1. The van der Waals surface area contributed by atoms with Gasteiger partial charge in [-0.05, 0) is 49.7 Å². The summed E-state index contributed by atoms with van der Waals surface area (Å²) in [6.07, 6.45) is 0. The number of aromatic nitrogens is 4. The summed E-state index contributed by atoms with van der Waals surface area (Å²) in [7, 11) is 3.51. The maximum absolute atomic E-state index is 14.1. The highest BCUT2D eigenvalue weighted by Gasteiger charge is 2.34. The van der Waals surface area contributed by atoms with Gasteiger partial charge in [-0.1, -0.05) is 42.5 Å². The molecule has 0 fully saturated rings. The zero-order valence-electron chi connectivity index (χ0n) is 21.9. The highest BCUT2D eigenvalue weighted by Crippen LogP contribution is 2.37. The summed E-state index contributed by atoms with van der Waals surface area (Å²) >= 11 is 0. The Kier molecular flexibility index (Phi) is 6.31. The van der Waals surface area contributed by atoms with E-state index < -0.39 is 22.3 Å². The van der Waals surface area contributed by atoms with Crippen molar-refractivity contribution < 1.29 is 10.0 Å². The van der Waals surface area contributed by atoms with Gasteiger partial charge in [0.2, 0.25) is 0 Å². The van der Waals surface area contributed by atoms with Gasteiger partial charge in [-0.15, -0.1) is 0 Å². The number of aromatic hydroxyl groups is 1. The minimum absolute atomic E-state index is 0.312. The van der Waals surface area contributed by atoms with E-state index in [1.807, 2.05) is 36.4 Å². The van der Waals surface area contributed by atoms with Crippen LogP contribution in [0.1, 0.15) is 34.0 Å². The Hall–Kier alpha value is -5.12. The zero-order valence-corrected chi connectivity index (χ0v) is 21.9. The first-order chi connectivity index (χ1) is 18.6. The van der Waals surface area contributed by atoms with Gasteiger partial charge >= 0.3 is 5.69 Å². The summed E-state index contributed by atoms with van der Waals surface area (Å²) in [6.45, 7) is 3.57. The van der Waals surface area contributed by atoms with E-state index in [2.05, 4.69) is 0 Å². The molecule has 0 aliphatic carbocycles. The lowest BCUT2D eigenvalue weighted by Gasteiger charge is -2.16. The second-order valence-corrected chi connectivity index (χ2v) is 9.39. The Morgan fingerprint density at radius 3 is 1.59 bits per heavy atom. The van der Waals surface area contributed by atoms with E-state index in [1.54, 1.807) is 61.6 Å². The maximum Gasteiger partial charge on any atom is 0.310 e. The number of nitro benzene ring substituents is 1. The Bertz CT molecular complexity index is 1720. The van der Waals surface area contributed by atoms with Crippen molar-refractivity contribution >= 4 is 5.69 Å². The fraction of sp³-hybridized carbons (Fsp3) is 0.172. The van der Waals surface area contributed by atoms with Crippen molar-refractivity contribution in [1.82, 2.24) is 18.7 Å². The smallest absolute Gasteiger partial charge is 0.310 e. The molecule has 2 aromatic heterocycles. The minimum atomic E-state index is -0.948. The number of phenolic OH excluding ortho intramolecular Hbond substituents is 1.